The smallest absolute Gasteiger partial charge is 0.233 e. The lowest BCUT2D eigenvalue weighted by Gasteiger charge is -2.05. The quantitative estimate of drug-likeness (QED) is 0.760. The second-order valence-electron chi connectivity index (χ2n) is 3.17. The summed E-state index contributed by atoms with van der Waals surface area (Å²) in [5.41, 5.74) is 0. The van der Waals surface area contributed by atoms with Gasteiger partial charge in [-0.3, -0.25) is 4.79 Å². The van der Waals surface area contributed by atoms with E-state index in [0.717, 1.165) is 22.4 Å². The van der Waals surface area contributed by atoms with E-state index in [9.17, 15) is 4.79 Å². The molecule has 5 nitrogen and oxygen atoms in total. The Labute approximate surface area is 103 Å². The second-order valence-corrected chi connectivity index (χ2v) is 5.74. The van der Waals surface area contributed by atoms with Crippen LogP contribution >= 0.6 is 23.1 Å². The molecule has 2 N–H and O–H groups in total. The standard InChI is InChI=1S/C9H16N4OS2/c1-4-5-11-8-12-13-9(16-8)15-6(2)7(14)10-3/h6H,4-5H2,1-3H3,(H,10,14)(H,11,12)/t6-/m1/s1. The highest BCUT2D eigenvalue weighted by molar-refractivity contribution is 8.02. The topological polar surface area (TPSA) is 66.9 Å². The van der Waals surface area contributed by atoms with E-state index in [0.29, 0.717) is 0 Å². The van der Waals surface area contributed by atoms with Gasteiger partial charge in [-0.05, 0) is 13.3 Å². The summed E-state index contributed by atoms with van der Waals surface area (Å²) in [5, 5.41) is 14.5. The Bertz CT molecular complexity index is 342. The first-order valence-electron chi connectivity index (χ1n) is 5.13. The summed E-state index contributed by atoms with van der Waals surface area (Å²) in [4.78, 5) is 11.3. The molecule has 0 saturated carbocycles. The van der Waals surface area contributed by atoms with Crippen LogP contribution in [0.4, 0.5) is 5.13 Å². The number of nitrogens with one attached hydrogen (secondary N) is 2. The van der Waals surface area contributed by atoms with E-state index < -0.39 is 0 Å². The fourth-order valence-corrected chi connectivity index (χ4v) is 2.95. The van der Waals surface area contributed by atoms with Gasteiger partial charge < -0.3 is 10.6 Å². The van der Waals surface area contributed by atoms with Crippen LogP contribution in [0, 0.1) is 0 Å². The van der Waals surface area contributed by atoms with Crippen LogP contribution in [0.15, 0.2) is 4.34 Å². The molecule has 0 saturated heterocycles. The molecule has 0 bridgehead atoms. The van der Waals surface area contributed by atoms with Gasteiger partial charge in [-0.15, -0.1) is 10.2 Å². The Balaban J connectivity index is 2.48. The zero-order valence-corrected chi connectivity index (χ0v) is 11.2. The van der Waals surface area contributed by atoms with Crippen molar-refractivity contribution in [3.8, 4) is 0 Å². The molecule has 1 rings (SSSR count). The molecular formula is C9H16N4OS2. The number of rotatable bonds is 6. The highest BCUT2D eigenvalue weighted by Crippen LogP contribution is 2.28. The predicted molar refractivity (Wildman–Crippen MR) is 68.1 cm³/mol. The highest BCUT2D eigenvalue weighted by Gasteiger charge is 2.15. The Morgan fingerprint density at radius 1 is 1.56 bits per heavy atom. The average Bonchev–Trinajstić information content (AvgIpc) is 2.72. The largest absolute Gasteiger partial charge is 0.360 e. The van der Waals surface area contributed by atoms with Gasteiger partial charge in [0.05, 0.1) is 5.25 Å². The minimum atomic E-state index is -0.142. The van der Waals surface area contributed by atoms with Gasteiger partial charge in [0, 0.05) is 13.6 Å². The van der Waals surface area contributed by atoms with Gasteiger partial charge >= 0.3 is 0 Å². The number of thioether (sulfide) groups is 1. The fraction of sp³-hybridized carbons (Fsp3) is 0.667. The van der Waals surface area contributed by atoms with E-state index in [1.165, 1.54) is 23.1 Å². The third-order valence-corrected chi connectivity index (χ3v) is 3.89. The third kappa shape index (κ3) is 3.97. The Morgan fingerprint density at radius 3 is 2.94 bits per heavy atom. The van der Waals surface area contributed by atoms with Crippen molar-refractivity contribution in [2.75, 3.05) is 18.9 Å². The molecule has 1 heterocycles. The van der Waals surface area contributed by atoms with Crippen LogP contribution in [0.5, 0.6) is 0 Å². The third-order valence-electron chi connectivity index (χ3n) is 1.83. The van der Waals surface area contributed by atoms with Gasteiger partial charge in [0.15, 0.2) is 4.34 Å². The van der Waals surface area contributed by atoms with Crippen molar-refractivity contribution < 1.29 is 4.79 Å². The summed E-state index contributed by atoms with van der Waals surface area (Å²) in [6.07, 6.45) is 1.05. The Morgan fingerprint density at radius 2 is 2.31 bits per heavy atom. The van der Waals surface area contributed by atoms with E-state index in [1.54, 1.807) is 7.05 Å². The van der Waals surface area contributed by atoms with E-state index in [4.69, 9.17) is 0 Å². The molecule has 1 atom stereocenters. The molecule has 1 aromatic heterocycles. The van der Waals surface area contributed by atoms with Crippen LogP contribution in [0.1, 0.15) is 20.3 Å². The highest BCUT2D eigenvalue weighted by atomic mass is 32.2. The first kappa shape index (κ1) is 13.2. The van der Waals surface area contributed by atoms with Crippen LogP contribution < -0.4 is 10.6 Å². The maximum Gasteiger partial charge on any atom is 0.233 e. The molecule has 0 aromatic carbocycles. The number of hydrogen-bond acceptors (Lipinski definition) is 6. The second kappa shape index (κ2) is 6.70. The van der Waals surface area contributed by atoms with Crippen molar-refractivity contribution >= 4 is 34.1 Å². The van der Waals surface area contributed by atoms with Crippen LogP contribution in [-0.4, -0.2) is 34.9 Å². The van der Waals surface area contributed by atoms with Gasteiger partial charge in [0.2, 0.25) is 11.0 Å². The van der Waals surface area contributed by atoms with Crippen molar-refractivity contribution in [3.63, 3.8) is 0 Å². The molecule has 0 unspecified atom stereocenters. The molecule has 90 valence electrons. The molecule has 0 aliphatic rings. The maximum absolute atomic E-state index is 11.3. The number of carbonyl (C=O) groups is 1. The molecular weight excluding hydrogens is 244 g/mol. The molecule has 16 heavy (non-hydrogen) atoms. The average molecular weight is 260 g/mol. The maximum atomic E-state index is 11.3. The summed E-state index contributed by atoms with van der Waals surface area (Å²) in [7, 11) is 1.63. The van der Waals surface area contributed by atoms with Gasteiger partial charge in [-0.1, -0.05) is 30.0 Å². The normalized spacial score (nSPS) is 12.2. The minimum absolute atomic E-state index is 0.00303. The monoisotopic (exact) mass is 260 g/mol. The number of hydrogen-bond donors (Lipinski definition) is 2. The van der Waals surface area contributed by atoms with E-state index in [2.05, 4.69) is 27.8 Å². The van der Waals surface area contributed by atoms with E-state index in [1.807, 2.05) is 6.92 Å². The van der Waals surface area contributed by atoms with Gasteiger partial charge in [0.1, 0.15) is 0 Å². The first-order chi connectivity index (χ1) is 7.67. The lowest BCUT2D eigenvalue weighted by atomic mass is 10.4. The zero-order chi connectivity index (χ0) is 12.0. The van der Waals surface area contributed by atoms with Crippen molar-refractivity contribution in [1.29, 1.82) is 0 Å². The van der Waals surface area contributed by atoms with Gasteiger partial charge in [-0.25, -0.2) is 0 Å². The molecule has 0 aliphatic heterocycles. The van der Waals surface area contributed by atoms with E-state index in [-0.39, 0.29) is 11.2 Å². The number of carbonyl (C=O) groups excluding carboxylic acids is 1. The SMILES string of the molecule is CCCNc1nnc(S[C@H](C)C(=O)NC)s1. The van der Waals surface area contributed by atoms with Crippen molar-refractivity contribution in [1.82, 2.24) is 15.5 Å². The number of aromatic nitrogens is 2. The summed E-state index contributed by atoms with van der Waals surface area (Å²) in [6.45, 7) is 4.84. The van der Waals surface area contributed by atoms with Gasteiger partial charge in [0.25, 0.3) is 0 Å². The van der Waals surface area contributed by atoms with Gasteiger partial charge in [-0.2, -0.15) is 0 Å². The summed E-state index contributed by atoms with van der Waals surface area (Å²) >= 11 is 2.90. The molecule has 7 heteroatoms. The van der Waals surface area contributed by atoms with Crippen molar-refractivity contribution in [2.24, 2.45) is 0 Å². The molecule has 0 radical (unpaired) electrons. The fourth-order valence-electron chi connectivity index (χ4n) is 0.969. The lowest BCUT2D eigenvalue weighted by molar-refractivity contribution is -0.119. The van der Waals surface area contributed by atoms with Crippen LogP contribution in [0.3, 0.4) is 0 Å². The predicted octanol–water partition coefficient (Wildman–Crippen LogP) is 1.59. The van der Waals surface area contributed by atoms with Crippen LogP contribution in [-0.2, 0) is 4.79 Å². The zero-order valence-electron chi connectivity index (χ0n) is 9.61. The Hall–Kier alpha value is -0.820. The van der Waals surface area contributed by atoms with Crippen molar-refractivity contribution in [3.05, 3.63) is 0 Å². The molecule has 0 aliphatic carbocycles. The summed E-state index contributed by atoms with van der Waals surface area (Å²) in [6, 6.07) is 0. The molecule has 1 aromatic rings. The molecule has 0 spiro atoms. The van der Waals surface area contributed by atoms with Crippen molar-refractivity contribution in [2.45, 2.75) is 29.9 Å². The molecule has 1 amide bonds. The van der Waals surface area contributed by atoms with Crippen LogP contribution in [0.2, 0.25) is 0 Å². The molecule has 0 fully saturated rings. The Kier molecular flexibility index (Phi) is 5.54. The lowest BCUT2D eigenvalue weighted by Crippen LogP contribution is -2.27. The summed E-state index contributed by atoms with van der Waals surface area (Å²) in [5.74, 6) is 0.00303. The first-order valence-corrected chi connectivity index (χ1v) is 6.82. The van der Waals surface area contributed by atoms with E-state index >= 15 is 0 Å². The summed E-state index contributed by atoms with van der Waals surface area (Å²) < 4.78 is 0.815. The number of nitrogens with zero attached hydrogens (tertiary/aromatic N) is 2. The number of amides is 1. The number of anilines is 1. The van der Waals surface area contributed by atoms with Crippen LogP contribution in [0.25, 0.3) is 0 Å². The minimum Gasteiger partial charge on any atom is -0.360 e.